The highest BCUT2D eigenvalue weighted by molar-refractivity contribution is 7.89. The van der Waals surface area contributed by atoms with Crippen molar-refractivity contribution in [2.45, 2.75) is 23.9 Å². The fourth-order valence-electron chi connectivity index (χ4n) is 1.68. The van der Waals surface area contributed by atoms with Crippen LogP contribution >= 0.6 is 0 Å². The van der Waals surface area contributed by atoms with Crippen LogP contribution in [0, 0.1) is 0 Å². The number of amides is 2. The van der Waals surface area contributed by atoms with Crippen LogP contribution < -0.4 is 10.0 Å². The van der Waals surface area contributed by atoms with E-state index in [9.17, 15) is 22.8 Å². The first kappa shape index (κ1) is 14.1. The number of nitrogens with zero attached hydrogens (tertiary/aromatic N) is 1. The monoisotopic (exact) mass is 302 g/mol. The molecule has 1 aromatic rings. The highest BCUT2D eigenvalue weighted by Gasteiger charge is 2.33. The molecule has 0 aliphatic carbocycles. The molecule has 1 aliphatic rings. The summed E-state index contributed by atoms with van der Waals surface area (Å²) >= 11 is 0. The summed E-state index contributed by atoms with van der Waals surface area (Å²) in [7, 11) is -4.26. The largest absolute Gasteiger partial charge is 0.478 e. The highest BCUT2D eigenvalue weighted by atomic mass is 32.2. The summed E-state index contributed by atoms with van der Waals surface area (Å²) in [5, 5.41) is 15.6. The van der Waals surface area contributed by atoms with Gasteiger partial charge in [0, 0.05) is 6.42 Å². The van der Waals surface area contributed by atoms with E-state index in [1.54, 1.807) is 0 Å². The summed E-state index contributed by atoms with van der Waals surface area (Å²) < 4.78 is 26.0. The molecule has 0 bridgehead atoms. The number of imide groups is 1. The molecule has 108 valence electrons. The van der Waals surface area contributed by atoms with Gasteiger partial charge in [-0.05, 0) is 6.42 Å². The van der Waals surface area contributed by atoms with E-state index < -0.39 is 44.4 Å². The summed E-state index contributed by atoms with van der Waals surface area (Å²) in [5.41, 5.74) is -0.537. The van der Waals surface area contributed by atoms with Crippen LogP contribution in [0.3, 0.4) is 0 Å². The van der Waals surface area contributed by atoms with Crippen LogP contribution in [0.5, 0.6) is 0 Å². The summed E-state index contributed by atoms with van der Waals surface area (Å²) in [6.07, 6.45) is 0.843. The Kier molecular flexibility index (Phi) is 3.55. The first-order chi connectivity index (χ1) is 9.31. The number of aromatic carboxylic acids is 1. The summed E-state index contributed by atoms with van der Waals surface area (Å²) in [6.45, 7) is 0. The van der Waals surface area contributed by atoms with Gasteiger partial charge < -0.3 is 5.11 Å². The molecule has 2 rings (SSSR count). The van der Waals surface area contributed by atoms with Crippen molar-refractivity contribution < 1.29 is 27.9 Å². The number of carboxylic acid groups (broad SMARTS) is 1. The lowest BCUT2D eigenvalue weighted by atomic mass is 10.1. The molecule has 1 saturated heterocycles. The molecule has 0 saturated carbocycles. The van der Waals surface area contributed by atoms with Crippen molar-refractivity contribution in [1.82, 2.24) is 20.2 Å². The molecule has 1 atom stereocenters. The number of piperidine rings is 1. The lowest BCUT2D eigenvalue weighted by Crippen LogP contribution is -2.52. The number of sulfonamides is 1. The van der Waals surface area contributed by atoms with Crippen LogP contribution in [0.4, 0.5) is 0 Å². The molecule has 4 N–H and O–H groups in total. The van der Waals surface area contributed by atoms with Crippen molar-refractivity contribution in [2.24, 2.45) is 0 Å². The summed E-state index contributed by atoms with van der Waals surface area (Å²) in [6, 6.07) is -1.14. The SMILES string of the molecule is O=C1CCC(NS(=O)(=O)c2[nH]ncc2C(=O)O)C(=O)N1. The van der Waals surface area contributed by atoms with E-state index in [2.05, 4.69) is 10.2 Å². The van der Waals surface area contributed by atoms with Gasteiger partial charge in [-0.15, -0.1) is 0 Å². The molecule has 2 amide bonds. The minimum Gasteiger partial charge on any atom is -0.478 e. The lowest BCUT2D eigenvalue weighted by molar-refractivity contribution is -0.134. The zero-order valence-corrected chi connectivity index (χ0v) is 10.7. The minimum absolute atomic E-state index is 0.000435. The van der Waals surface area contributed by atoms with E-state index >= 15 is 0 Å². The van der Waals surface area contributed by atoms with E-state index in [1.807, 2.05) is 10.0 Å². The van der Waals surface area contributed by atoms with Crippen LogP contribution in [-0.4, -0.2) is 47.5 Å². The average molecular weight is 302 g/mol. The van der Waals surface area contributed by atoms with Gasteiger partial charge in [0.15, 0.2) is 5.03 Å². The molecule has 0 spiro atoms. The Balaban J connectivity index is 2.23. The third-order valence-electron chi connectivity index (χ3n) is 2.64. The zero-order chi connectivity index (χ0) is 14.9. The first-order valence-electron chi connectivity index (χ1n) is 5.44. The number of aromatic nitrogens is 2. The minimum atomic E-state index is -4.26. The third kappa shape index (κ3) is 2.67. The van der Waals surface area contributed by atoms with Crippen molar-refractivity contribution in [3.63, 3.8) is 0 Å². The predicted molar refractivity (Wildman–Crippen MR) is 62.0 cm³/mol. The van der Waals surface area contributed by atoms with Gasteiger partial charge in [0.2, 0.25) is 11.8 Å². The standard InChI is InChI=1S/C9H10N4O6S/c14-6-2-1-5(7(15)11-6)13-20(18,19)8-4(9(16)17)3-10-12-8/h3,5,13H,1-2H2,(H,10,12)(H,16,17)(H,11,14,15). The van der Waals surface area contributed by atoms with Gasteiger partial charge in [0.1, 0.15) is 11.6 Å². The predicted octanol–water partition coefficient (Wildman–Crippen LogP) is -1.81. The van der Waals surface area contributed by atoms with E-state index in [4.69, 9.17) is 5.11 Å². The number of carboxylic acids is 1. The Morgan fingerprint density at radius 2 is 2.15 bits per heavy atom. The molecular formula is C9H10N4O6S. The first-order valence-corrected chi connectivity index (χ1v) is 6.92. The van der Waals surface area contributed by atoms with Crippen molar-refractivity contribution in [3.8, 4) is 0 Å². The second-order valence-corrected chi connectivity index (χ2v) is 5.69. The van der Waals surface area contributed by atoms with Gasteiger partial charge >= 0.3 is 5.97 Å². The Bertz CT molecular complexity index is 678. The van der Waals surface area contributed by atoms with Gasteiger partial charge in [0.25, 0.3) is 10.0 Å². The number of nitrogens with one attached hydrogen (secondary N) is 3. The molecule has 1 unspecified atom stereocenters. The Morgan fingerprint density at radius 1 is 1.45 bits per heavy atom. The zero-order valence-electron chi connectivity index (χ0n) is 9.91. The molecule has 2 heterocycles. The van der Waals surface area contributed by atoms with Crippen molar-refractivity contribution >= 4 is 27.8 Å². The van der Waals surface area contributed by atoms with Crippen LogP contribution in [0.25, 0.3) is 0 Å². The lowest BCUT2D eigenvalue weighted by Gasteiger charge is -2.21. The number of carbonyl (C=O) groups excluding carboxylic acids is 2. The highest BCUT2D eigenvalue weighted by Crippen LogP contribution is 2.14. The average Bonchev–Trinajstić information content (AvgIpc) is 2.82. The summed E-state index contributed by atoms with van der Waals surface area (Å²) in [4.78, 5) is 33.3. The van der Waals surface area contributed by atoms with E-state index in [-0.39, 0.29) is 12.8 Å². The fourth-order valence-corrected chi connectivity index (χ4v) is 3.00. The number of carbonyl (C=O) groups is 3. The quantitative estimate of drug-likeness (QED) is 0.477. The molecule has 0 aromatic carbocycles. The normalized spacial score (nSPS) is 19.7. The van der Waals surface area contributed by atoms with Crippen molar-refractivity contribution in [3.05, 3.63) is 11.8 Å². The Hall–Kier alpha value is -2.27. The maximum absolute atomic E-state index is 12.0. The molecule has 1 aliphatic heterocycles. The number of H-pyrrole nitrogens is 1. The van der Waals surface area contributed by atoms with E-state index in [1.165, 1.54) is 0 Å². The summed E-state index contributed by atoms with van der Waals surface area (Å²) in [5.74, 6) is -2.73. The molecule has 20 heavy (non-hydrogen) atoms. The van der Waals surface area contributed by atoms with Crippen LogP contribution in [0.2, 0.25) is 0 Å². The van der Waals surface area contributed by atoms with Crippen molar-refractivity contribution in [2.75, 3.05) is 0 Å². The Morgan fingerprint density at radius 3 is 2.75 bits per heavy atom. The smallest absolute Gasteiger partial charge is 0.340 e. The molecular weight excluding hydrogens is 292 g/mol. The number of hydrogen-bond donors (Lipinski definition) is 4. The molecule has 11 heteroatoms. The fraction of sp³-hybridized carbons (Fsp3) is 0.333. The van der Waals surface area contributed by atoms with Gasteiger partial charge in [-0.1, -0.05) is 0 Å². The number of rotatable bonds is 4. The van der Waals surface area contributed by atoms with Crippen LogP contribution in [-0.2, 0) is 19.6 Å². The van der Waals surface area contributed by atoms with Crippen LogP contribution in [0.1, 0.15) is 23.2 Å². The molecule has 1 aromatic heterocycles. The second kappa shape index (κ2) is 5.02. The van der Waals surface area contributed by atoms with E-state index in [0.717, 1.165) is 6.20 Å². The maximum Gasteiger partial charge on any atom is 0.340 e. The Labute approximate surface area is 112 Å². The molecule has 0 radical (unpaired) electrons. The number of hydrogen-bond acceptors (Lipinski definition) is 6. The maximum atomic E-state index is 12.0. The topological polar surface area (TPSA) is 158 Å². The van der Waals surface area contributed by atoms with Gasteiger partial charge in [0.05, 0.1) is 6.20 Å². The number of aromatic amines is 1. The van der Waals surface area contributed by atoms with Gasteiger partial charge in [-0.2, -0.15) is 9.82 Å². The van der Waals surface area contributed by atoms with Gasteiger partial charge in [-0.25, -0.2) is 13.2 Å². The third-order valence-corrected chi connectivity index (χ3v) is 4.08. The van der Waals surface area contributed by atoms with Gasteiger partial charge in [-0.3, -0.25) is 20.0 Å². The molecule has 10 nitrogen and oxygen atoms in total. The van der Waals surface area contributed by atoms with Crippen molar-refractivity contribution in [1.29, 1.82) is 0 Å². The van der Waals surface area contributed by atoms with E-state index in [0.29, 0.717) is 0 Å². The molecule has 1 fully saturated rings. The second-order valence-electron chi connectivity index (χ2n) is 4.04. The van der Waals surface area contributed by atoms with Crippen LogP contribution in [0.15, 0.2) is 11.2 Å².